The monoisotopic (exact) mass is 343 g/mol. The molecule has 0 fully saturated rings. The summed E-state index contributed by atoms with van der Waals surface area (Å²) in [5.74, 6) is 0.230. The molecule has 1 aliphatic heterocycles. The molecule has 2 aromatic rings. The summed E-state index contributed by atoms with van der Waals surface area (Å²) in [6, 6.07) is 7.88. The van der Waals surface area contributed by atoms with E-state index in [2.05, 4.69) is 31.5 Å². The highest BCUT2D eigenvalue weighted by Crippen LogP contribution is 2.35. The third-order valence-corrected chi connectivity index (χ3v) is 3.47. The number of rotatable bonds is 0. The molecule has 2 heterocycles. The molecular weight excluding hydrogens is 335 g/mol. The number of pyridine rings is 1. The minimum atomic E-state index is -4.45. The lowest BCUT2D eigenvalue weighted by atomic mass is 10.2. The van der Waals surface area contributed by atoms with Gasteiger partial charge in [-0.05, 0) is 24.3 Å². The highest BCUT2D eigenvalue weighted by molar-refractivity contribution is 9.10. The summed E-state index contributed by atoms with van der Waals surface area (Å²) < 4.78 is 39.0. The summed E-state index contributed by atoms with van der Waals surface area (Å²) in [6.45, 7) is 0.414. The molecule has 2 N–H and O–H groups in total. The highest BCUT2D eigenvalue weighted by atomic mass is 79.9. The molecule has 1 aromatic carbocycles. The Balaban J connectivity index is 2.04. The number of halogens is 4. The zero-order chi connectivity index (χ0) is 14.3. The largest absolute Gasteiger partial charge is 0.433 e. The molecule has 0 spiro atoms. The first-order chi connectivity index (χ1) is 9.43. The van der Waals surface area contributed by atoms with Crippen LogP contribution in [0.4, 0.5) is 30.4 Å². The molecule has 0 bridgehead atoms. The smallest absolute Gasteiger partial charge is 0.379 e. The maximum Gasteiger partial charge on any atom is 0.433 e. The van der Waals surface area contributed by atoms with Crippen molar-refractivity contribution in [2.75, 3.05) is 10.6 Å². The first-order valence-electron chi connectivity index (χ1n) is 5.81. The normalized spacial score (nSPS) is 13.6. The van der Waals surface area contributed by atoms with Crippen LogP contribution in [-0.2, 0) is 12.7 Å². The number of aromatic nitrogens is 1. The van der Waals surface area contributed by atoms with E-state index in [0.29, 0.717) is 17.8 Å². The van der Waals surface area contributed by atoms with Gasteiger partial charge in [0.15, 0.2) is 0 Å². The van der Waals surface area contributed by atoms with Gasteiger partial charge >= 0.3 is 6.18 Å². The van der Waals surface area contributed by atoms with Gasteiger partial charge in [0, 0.05) is 16.6 Å². The molecule has 0 saturated carbocycles. The van der Waals surface area contributed by atoms with Gasteiger partial charge in [0.2, 0.25) is 0 Å². The molecule has 0 amide bonds. The Morgan fingerprint density at radius 3 is 2.65 bits per heavy atom. The van der Waals surface area contributed by atoms with E-state index >= 15 is 0 Å². The molecule has 7 heteroatoms. The summed E-state index contributed by atoms with van der Waals surface area (Å²) in [4.78, 5) is 3.68. The van der Waals surface area contributed by atoms with Crippen molar-refractivity contribution in [2.24, 2.45) is 0 Å². The Labute approximate surface area is 121 Å². The maximum atomic E-state index is 12.7. The van der Waals surface area contributed by atoms with E-state index in [-0.39, 0.29) is 5.82 Å². The van der Waals surface area contributed by atoms with Gasteiger partial charge in [0.05, 0.1) is 11.4 Å². The number of anilines is 3. The van der Waals surface area contributed by atoms with Gasteiger partial charge in [-0.15, -0.1) is 0 Å². The van der Waals surface area contributed by atoms with Crippen molar-refractivity contribution in [1.82, 2.24) is 4.98 Å². The second-order valence-electron chi connectivity index (χ2n) is 4.37. The third kappa shape index (κ3) is 2.45. The quantitative estimate of drug-likeness (QED) is 0.737. The molecule has 104 valence electrons. The Bertz CT molecular complexity index is 670. The predicted octanol–water partition coefficient (Wildman–Crippen LogP) is 4.53. The van der Waals surface area contributed by atoms with Gasteiger partial charge in [-0.3, -0.25) is 0 Å². The van der Waals surface area contributed by atoms with Crippen molar-refractivity contribution in [3.05, 3.63) is 46.1 Å². The van der Waals surface area contributed by atoms with Gasteiger partial charge in [-0.25, -0.2) is 4.98 Å². The average Bonchev–Trinajstić information content (AvgIpc) is 2.55. The average molecular weight is 344 g/mol. The van der Waals surface area contributed by atoms with Gasteiger partial charge in [0.1, 0.15) is 11.5 Å². The molecule has 0 saturated heterocycles. The molecule has 3 rings (SSSR count). The molecule has 0 atom stereocenters. The van der Waals surface area contributed by atoms with E-state index in [1.807, 2.05) is 12.1 Å². The van der Waals surface area contributed by atoms with Crippen LogP contribution in [0.25, 0.3) is 0 Å². The fraction of sp³-hybridized carbons (Fsp3) is 0.154. The lowest BCUT2D eigenvalue weighted by Gasteiger charge is -2.11. The summed E-state index contributed by atoms with van der Waals surface area (Å²) in [5.41, 5.74) is 1.29. The SMILES string of the molecule is FC(F)(F)c1ccc2c(n1)Nc1ccc(Br)cc1NC2. The molecule has 0 aliphatic carbocycles. The fourth-order valence-electron chi connectivity index (χ4n) is 1.99. The minimum absolute atomic E-state index is 0.230. The first-order valence-corrected chi connectivity index (χ1v) is 6.60. The zero-order valence-electron chi connectivity index (χ0n) is 10.1. The standard InChI is InChI=1S/C13H9BrF3N3/c14-8-2-3-9-10(5-8)18-6-7-1-4-11(13(15,16)17)20-12(7)19-9/h1-5,18H,6H2,(H,19,20). The topological polar surface area (TPSA) is 37.0 Å². The van der Waals surface area contributed by atoms with Gasteiger partial charge < -0.3 is 10.6 Å². The van der Waals surface area contributed by atoms with E-state index in [4.69, 9.17) is 0 Å². The third-order valence-electron chi connectivity index (χ3n) is 2.97. The minimum Gasteiger partial charge on any atom is -0.379 e. The lowest BCUT2D eigenvalue weighted by Crippen LogP contribution is -2.10. The second kappa shape index (κ2) is 4.66. The van der Waals surface area contributed by atoms with E-state index in [0.717, 1.165) is 16.2 Å². The van der Waals surface area contributed by atoms with Gasteiger partial charge in [0.25, 0.3) is 0 Å². The van der Waals surface area contributed by atoms with E-state index in [9.17, 15) is 13.2 Å². The first kappa shape index (κ1) is 13.2. The predicted molar refractivity (Wildman–Crippen MR) is 74.0 cm³/mol. The van der Waals surface area contributed by atoms with Crippen LogP contribution in [0.15, 0.2) is 34.8 Å². The van der Waals surface area contributed by atoms with Crippen LogP contribution < -0.4 is 10.6 Å². The summed E-state index contributed by atoms with van der Waals surface area (Å²) in [5, 5.41) is 6.11. The Hall–Kier alpha value is -1.76. The highest BCUT2D eigenvalue weighted by Gasteiger charge is 2.33. The van der Waals surface area contributed by atoms with Crippen molar-refractivity contribution in [2.45, 2.75) is 12.7 Å². The fourth-order valence-corrected chi connectivity index (χ4v) is 2.35. The van der Waals surface area contributed by atoms with Crippen molar-refractivity contribution in [3.8, 4) is 0 Å². The van der Waals surface area contributed by atoms with Crippen LogP contribution in [0.5, 0.6) is 0 Å². The molecule has 1 aliphatic rings. The molecule has 0 unspecified atom stereocenters. The van der Waals surface area contributed by atoms with Crippen LogP contribution in [-0.4, -0.2) is 4.98 Å². The van der Waals surface area contributed by atoms with Crippen LogP contribution >= 0.6 is 15.9 Å². The van der Waals surface area contributed by atoms with Crippen LogP contribution in [0.3, 0.4) is 0 Å². The van der Waals surface area contributed by atoms with Crippen LogP contribution in [0, 0.1) is 0 Å². The lowest BCUT2D eigenvalue weighted by molar-refractivity contribution is -0.141. The second-order valence-corrected chi connectivity index (χ2v) is 5.29. The molecule has 0 radical (unpaired) electrons. The van der Waals surface area contributed by atoms with E-state index in [1.165, 1.54) is 6.07 Å². The molecule has 3 nitrogen and oxygen atoms in total. The molecule has 20 heavy (non-hydrogen) atoms. The van der Waals surface area contributed by atoms with Crippen molar-refractivity contribution < 1.29 is 13.2 Å². The summed E-state index contributed by atoms with van der Waals surface area (Å²) in [6.07, 6.45) is -4.45. The Kier molecular flexibility index (Phi) is 3.08. The van der Waals surface area contributed by atoms with Gasteiger partial charge in [-0.2, -0.15) is 13.2 Å². The molecular formula is C13H9BrF3N3. The number of nitrogens with one attached hydrogen (secondary N) is 2. The number of nitrogens with zero attached hydrogens (tertiary/aromatic N) is 1. The maximum absolute atomic E-state index is 12.7. The van der Waals surface area contributed by atoms with Crippen LogP contribution in [0.1, 0.15) is 11.3 Å². The Morgan fingerprint density at radius 1 is 1.10 bits per heavy atom. The van der Waals surface area contributed by atoms with Crippen molar-refractivity contribution >= 4 is 33.1 Å². The zero-order valence-corrected chi connectivity index (χ0v) is 11.6. The van der Waals surface area contributed by atoms with Gasteiger partial charge in [-0.1, -0.05) is 22.0 Å². The number of hydrogen-bond acceptors (Lipinski definition) is 3. The molecule has 1 aromatic heterocycles. The van der Waals surface area contributed by atoms with Crippen molar-refractivity contribution in [1.29, 1.82) is 0 Å². The number of hydrogen-bond donors (Lipinski definition) is 2. The van der Waals surface area contributed by atoms with E-state index < -0.39 is 11.9 Å². The van der Waals surface area contributed by atoms with Crippen molar-refractivity contribution in [3.63, 3.8) is 0 Å². The summed E-state index contributed by atoms with van der Waals surface area (Å²) >= 11 is 3.36. The van der Waals surface area contributed by atoms with Crippen LogP contribution in [0.2, 0.25) is 0 Å². The Morgan fingerprint density at radius 2 is 1.90 bits per heavy atom. The number of alkyl halides is 3. The number of fused-ring (bicyclic) bond motifs is 2. The number of benzene rings is 1. The van der Waals surface area contributed by atoms with E-state index in [1.54, 1.807) is 6.07 Å². The summed E-state index contributed by atoms with van der Waals surface area (Å²) in [7, 11) is 0.